The van der Waals surface area contributed by atoms with Crippen molar-refractivity contribution in [3.8, 4) is 0 Å². The Morgan fingerprint density at radius 3 is 3.05 bits per heavy atom. The number of alkyl halides is 2. The van der Waals surface area contributed by atoms with Crippen molar-refractivity contribution in [3.63, 3.8) is 0 Å². The summed E-state index contributed by atoms with van der Waals surface area (Å²) >= 11 is 0. The van der Waals surface area contributed by atoms with Crippen LogP contribution in [-0.4, -0.2) is 45.8 Å². The van der Waals surface area contributed by atoms with E-state index in [1.165, 1.54) is 22.1 Å². The molecule has 2 aromatic rings. The molecule has 0 fully saturated rings. The van der Waals surface area contributed by atoms with Gasteiger partial charge in [0.25, 0.3) is 6.43 Å². The van der Waals surface area contributed by atoms with E-state index >= 15 is 0 Å². The summed E-state index contributed by atoms with van der Waals surface area (Å²) in [6, 6.07) is 0. The Bertz CT molecular complexity index is 739. The topological polar surface area (TPSA) is 70.9 Å². The van der Waals surface area contributed by atoms with Crippen LogP contribution in [0.15, 0.2) is 23.7 Å². The highest BCUT2D eigenvalue weighted by Crippen LogP contribution is 2.26. The van der Waals surface area contributed by atoms with E-state index in [4.69, 9.17) is 0 Å². The van der Waals surface area contributed by atoms with E-state index in [-0.39, 0.29) is 0 Å². The van der Waals surface area contributed by atoms with E-state index in [9.17, 15) is 8.78 Å². The summed E-state index contributed by atoms with van der Waals surface area (Å²) in [7, 11) is 0. The molecule has 0 unspecified atom stereocenters. The number of aromatic nitrogens is 4. The second-order valence-electron chi connectivity index (χ2n) is 5.30. The Hall–Kier alpha value is -2.13. The van der Waals surface area contributed by atoms with Gasteiger partial charge in [-0.25, -0.2) is 28.9 Å². The summed E-state index contributed by atoms with van der Waals surface area (Å²) in [5.74, 6) is 0.607. The molecule has 2 N–H and O–H groups in total. The molecule has 4 rings (SSSR count). The van der Waals surface area contributed by atoms with Gasteiger partial charge in [-0.3, -0.25) is 5.01 Å². The average Bonchev–Trinajstić information content (AvgIpc) is 3.11. The van der Waals surface area contributed by atoms with E-state index in [1.54, 1.807) is 6.20 Å². The number of nitrogens with one attached hydrogen (secondary N) is 2. The number of hydrogen-bond acceptors (Lipinski definition) is 6. The van der Waals surface area contributed by atoms with Crippen molar-refractivity contribution in [1.82, 2.24) is 30.5 Å². The fourth-order valence-electron chi connectivity index (χ4n) is 2.86. The van der Waals surface area contributed by atoms with E-state index < -0.39 is 13.0 Å². The van der Waals surface area contributed by atoms with Crippen molar-refractivity contribution < 1.29 is 8.78 Å². The fraction of sp³-hybridized carbons (Fsp3) is 0.462. The lowest BCUT2D eigenvalue weighted by atomic mass is 10.1. The van der Waals surface area contributed by atoms with Gasteiger partial charge in [-0.15, -0.1) is 0 Å². The number of fused-ring (bicyclic) bond motifs is 1. The van der Waals surface area contributed by atoms with Crippen molar-refractivity contribution in [3.05, 3.63) is 23.7 Å². The van der Waals surface area contributed by atoms with Crippen LogP contribution < -0.4 is 15.8 Å². The number of rotatable bonds is 3. The van der Waals surface area contributed by atoms with Crippen LogP contribution in [0, 0.1) is 0 Å². The molecule has 0 radical (unpaired) electrons. The summed E-state index contributed by atoms with van der Waals surface area (Å²) in [6.07, 6.45) is 1.53. The zero-order valence-electron chi connectivity index (χ0n) is 11.8. The van der Waals surface area contributed by atoms with E-state index in [2.05, 4.69) is 25.8 Å². The Labute approximate surface area is 125 Å². The summed E-state index contributed by atoms with van der Waals surface area (Å²) in [5.41, 5.74) is 6.65. The van der Waals surface area contributed by atoms with Gasteiger partial charge in [0, 0.05) is 31.8 Å². The van der Waals surface area contributed by atoms with Gasteiger partial charge in [0.2, 0.25) is 0 Å². The molecule has 7 nitrogen and oxygen atoms in total. The Morgan fingerprint density at radius 2 is 2.18 bits per heavy atom. The highest BCUT2D eigenvalue weighted by molar-refractivity contribution is 5.71. The van der Waals surface area contributed by atoms with Crippen molar-refractivity contribution >= 4 is 17.0 Å². The molecule has 116 valence electrons. The maximum Gasteiger partial charge on any atom is 0.258 e. The molecule has 0 saturated heterocycles. The molecule has 22 heavy (non-hydrogen) atoms. The molecule has 0 spiro atoms. The summed E-state index contributed by atoms with van der Waals surface area (Å²) in [5, 5.41) is 9.17. The lowest BCUT2D eigenvalue weighted by Crippen LogP contribution is -2.33. The van der Waals surface area contributed by atoms with Gasteiger partial charge in [0.1, 0.15) is 12.1 Å². The normalized spacial score (nSPS) is 18.6. The van der Waals surface area contributed by atoms with Crippen molar-refractivity contribution in [2.45, 2.75) is 19.4 Å². The van der Waals surface area contributed by atoms with Crippen LogP contribution in [0.25, 0.3) is 11.2 Å². The molecule has 4 heterocycles. The first-order valence-corrected chi connectivity index (χ1v) is 7.14. The van der Waals surface area contributed by atoms with Crippen molar-refractivity contribution in [1.29, 1.82) is 0 Å². The van der Waals surface area contributed by atoms with Crippen LogP contribution in [0.4, 0.5) is 14.6 Å². The van der Waals surface area contributed by atoms with E-state index in [0.717, 1.165) is 26.1 Å². The summed E-state index contributed by atoms with van der Waals surface area (Å²) in [4.78, 5) is 8.76. The zero-order chi connectivity index (χ0) is 15.1. The maximum absolute atomic E-state index is 12.6. The third kappa shape index (κ3) is 2.22. The van der Waals surface area contributed by atoms with Gasteiger partial charge < -0.3 is 5.32 Å². The summed E-state index contributed by atoms with van der Waals surface area (Å²) < 4.78 is 26.4. The molecule has 0 saturated carbocycles. The lowest BCUT2D eigenvalue weighted by molar-refractivity contribution is 0.123. The molecule has 0 atom stereocenters. The van der Waals surface area contributed by atoms with Crippen LogP contribution in [0.2, 0.25) is 0 Å². The number of nitrogens with zero attached hydrogens (tertiary/aromatic N) is 5. The predicted molar refractivity (Wildman–Crippen MR) is 76.3 cm³/mol. The van der Waals surface area contributed by atoms with E-state index in [1.807, 2.05) is 5.01 Å². The largest absolute Gasteiger partial charge is 0.312 e. The second kappa shape index (κ2) is 5.25. The number of hydrazine groups is 1. The molecule has 9 heteroatoms. The third-order valence-electron chi connectivity index (χ3n) is 3.88. The van der Waals surface area contributed by atoms with Gasteiger partial charge in [-0.05, 0) is 5.57 Å². The molecule has 0 aliphatic carbocycles. The maximum atomic E-state index is 12.6. The standard InChI is InChI=1S/C13H15F2N7/c14-11(15)7-21-13-9(5-18-21)17-6-12(20-13)22-10-1-2-16-3-8(10)4-19-22/h5-6,11,16,19H,1-4,7H2. The molecule has 2 aromatic heterocycles. The highest BCUT2D eigenvalue weighted by Gasteiger charge is 2.26. The van der Waals surface area contributed by atoms with Crippen molar-refractivity contribution in [2.24, 2.45) is 0 Å². The molecule has 0 bridgehead atoms. The minimum absolute atomic E-state index is 0.377. The fourth-order valence-corrected chi connectivity index (χ4v) is 2.86. The SMILES string of the molecule is FC(F)Cn1ncc2ncc(N3NCC4=C3CCNC4)nc21. The molecular formula is C13H15F2N7. The van der Waals surface area contributed by atoms with Gasteiger partial charge in [-0.2, -0.15) is 5.10 Å². The van der Waals surface area contributed by atoms with Gasteiger partial charge in [0.15, 0.2) is 11.5 Å². The molecular weight excluding hydrogens is 292 g/mol. The Kier molecular flexibility index (Phi) is 3.23. The minimum atomic E-state index is -2.47. The minimum Gasteiger partial charge on any atom is -0.312 e. The highest BCUT2D eigenvalue weighted by atomic mass is 19.3. The van der Waals surface area contributed by atoms with Crippen LogP contribution in [-0.2, 0) is 6.54 Å². The zero-order valence-corrected chi connectivity index (χ0v) is 11.8. The number of hydrogen-bond donors (Lipinski definition) is 2. The Morgan fingerprint density at radius 1 is 1.27 bits per heavy atom. The number of halogens is 2. The van der Waals surface area contributed by atoms with E-state index in [0.29, 0.717) is 17.0 Å². The summed E-state index contributed by atoms with van der Waals surface area (Å²) in [6.45, 7) is 2.05. The van der Waals surface area contributed by atoms with Crippen molar-refractivity contribution in [2.75, 3.05) is 24.6 Å². The molecule has 0 aromatic carbocycles. The van der Waals surface area contributed by atoms with Crippen LogP contribution in [0.1, 0.15) is 6.42 Å². The smallest absolute Gasteiger partial charge is 0.258 e. The first-order chi connectivity index (χ1) is 10.7. The Balaban J connectivity index is 1.72. The quantitative estimate of drug-likeness (QED) is 0.868. The van der Waals surface area contributed by atoms with Gasteiger partial charge in [0.05, 0.1) is 12.4 Å². The van der Waals surface area contributed by atoms with Crippen LogP contribution in [0.5, 0.6) is 0 Å². The lowest BCUT2D eigenvalue weighted by Gasteiger charge is -2.23. The number of anilines is 1. The average molecular weight is 307 g/mol. The molecule has 2 aliphatic heterocycles. The van der Waals surface area contributed by atoms with Gasteiger partial charge >= 0.3 is 0 Å². The molecule has 0 amide bonds. The first-order valence-electron chi connectivity index (χ1n) is 7.14. The van der Waals surface area contributed by atoms with Crippen LogP contribution >= 0.6 is 0 Å². The second-order valence-corrected chi connectivity index (χ2v) is 5.30. The first kappa shape index (κ1) is 13.5. The van der Waals surface area contributed by atoms with Crippen LogP contribution in [0.3, 0.4) is 0 Å². The predicted octanol–water partition coefficient (Wildman–Crippen LogP) is 0.663. The third-order valence-corrected chi connectivity index (χ3v) is 3.88. The van der Waals surface area contributed by atoms with Gasteiger partial charge in [-0.1, -0.05) is 0 Å². The molecule has 2 aliphatic rings. The monoisotopic (exact) mass is 307 g/mol.